The third-order valence-corrected chi connectivity index (χ3v) is 4.45. The number of amides is 2. The molecule has 2 N–H and O–H groups in total. The molecule has 1 aliphatic heterocycles. The maximum atomic E-state index is 14.3. The van der Waals surface area contributed by atoms with Crippen LogP contribution in [-0.2, 0) is 9.59 Å². The Hall–Kier alpha value is -2.80. The Morgan fingerprint density at radius 2 is 1.97 bits per heavy atom. The Balaban J connectivity index is 0.00000155. The fraction of sp³-hybridized carbons (Fsp3) is 0.364. The van der Waals surface area contributed by atoms with E-state index in [0.29, 0.717) is 22.9 Å². The molecule has 0 spiro atoms. The normalized spacial score (nSPS) is 14.6. The van der Waals surface area contributed by atoms with Gasteiger partial charge in [0.15, 0.2) is 17.7 Å². The Morgan fingerprint density at radius 3 is 2.67 bits per heavy atom. The molecule has 30 heavy (non-hydrogen) atoms. The van der Waals surface area contributed by atoms with E-state index in [0.717, 1.165) is 6.42 Å². The van der Waals surface area contributed by atoms with Crippen LogP contribution in [0.25, 0.3) is 0 Å². The summed E-state index contributed by atoms with van der Waals surface area (Å²) in [6.45, 7) is 6.50. The molecule has 2 aromatic rings. The molecule has 3 rings (SSSR count). The Morgan fingerprint density at radius 1 is 1.23 bits per heavy atom. The Kier molecular flexibility index (Phi) is 8.92. The molecule has 1 atom stereocenters. The fourth-order valence-electron chi connectivity index (χ4n) is 2.93. The summed E-state index contributed by atoms with van der Waals surface area (Å²) in [4.78, 5) is 26.5. The van der Waals surface area contributed by atoms with Crippen molar-refractivity contribution >= 4 is 34.8 Å². The number of nitrogens with one attached hydrogen (secondary N) is 2. The average molecular weight is 436 g/mol. The van der Waals surface area contributed by atoms with Gasteiger partial charge in [0.25, 0.3) is 5.91 Å². The van der Waals surface area contributed by atoms with Crippen LogP contribution in [0.15, 0.2) is 42.5 Å². The molecule has 0 aromatic heterocycles. The molecule has 0 radical (unpaired) electrons. The predicted octanol–water partition coefficient (Wildman–Crippen LogP) is 4.24. The highest BCUT2D eigenvalue weighted by atomic mass is 35.5. The number of anilines is 2. The lowest BCUT2D eigenvalue weighted by molar-refractivity contribution is -0.128. The molecule has 0 aliphatic carbocycles. The second-order valence-corrected chi connectivity index (χ2v) is 6.86. The van der Waals surface area contributed by atoms with Crippen LogP contribution in [-0.4, -0.2) is 37.6 Å². The first-order valence-corrected chi connectivity index (χ1v) is 10.4. The van der Waals surface area contributed by atoms with Gasteiger partial charge >= 0.3 is 0 Å². The first kappa shape index (κ1) is 23.5. The van der Waals surface area contributed by atoms with Gasteiger partial charge in [-0.05, 0) is 36.8 Å². The van der Waals surface area contributed by atoms with E-state index in [4.69, 9.17) is 16.3 Å². The lowest BCUT2D eigenvalue weighted by atomic mass is 10.1. The largest absolute Gasteiger partial charge is 0.473 e. The SMILES string of the molecule is CC.CCCNC(=O)C1CN(CC(=O)Nc2cccc(Cl)c2)c2cccc(F)c2O1. The van der Waals surface area contributed by atoms with Gasteiger partial charge in [-0.2, -0.15) is 0 Å². The number of ether oxygens (including phenoxy) is 1. The highest BCUT2D eigenvalue weighted by Gasteiger charge is 2.33. The van der Waals surface area contributed by atoms with Crippen molar-refractivity contribution in [2.45, 2.75) is 33.3 Å². The number of hydrogen-bond acceptors (Lipinski definition) is 4. The van der Waals surface area contributed by atoms with E-state index < -0.39 is 11.9 Å². The number of carbonyl (C=O) groups is 2. The van der Waals surface area contributed by atoms with E-state index in [2.05, 4.69) is 10.6 Å². The zero-order valence-corrected chi connectivity index (χ0v) is 18.1. The molecule has 2 aromatic carbocycles. The standard InChI is InChI=1S/C20H21ClFN3O3.C2H6/c1-2-9-23-20(27)17-11-25(16-8-4-7-15(22)19(16)28-17)12-18(26)24-14-6-3-5-13(21)10-14;1-2/h3-8,10,17H,2,9,11-12H2,1H3,(H,23,27)(H,24,26);1-2H3. The van der Waals surface area contributed by atoms with Crippen molar-refractivity contribution in [3.8, 4) is 5.75 Å². The minimum Gasteiger partial charge on any atom is -0.473 e. The van der Waals surface area contributed by atoms with Crippen molar-refractivity contribution in [2.24, 2.45) is 0 Å². The summed E-state index contributed by atoms with van der Waals surface area (Å²) in [5, 5.41) is 6.00. The minimum absolute atomic E-state index is 0.0269. The maximum Gasteiger partial charge on any atom is 0.262 e. The van der Waals surface area contributed by atoms with Crippen LogP contribution in [0.2, 0.25) is 5.02 Å². The molecule has 8 heteroatoms. The number of halogens is 2. The first-order valence-electron chi connectivity index (χ1n) is 10.0. The zero-order valence-electron chi connectivity index (χ0n) is 17.4. The van der Waals surface area contributed by atoms with Crippen molar-refractivity contribution in [1.82, 2.24) is 5.32 Å². The van der Waals surface area contributed by atoms with Crippen LogP contribution in [0.5, 0.6) is 5.75 Å². The average Bonchev–Trinajstić information content (AvgIpc) is 2.74. The van der Waals surface area contributed by atoms with Gasteiger partial charge in [0.2, 0.25) is 5.91 Å². The number of hydrogen-bond donors (Lipinski definition) is 2. The molecule has 1 heterocycles. The van der Waals surface area contributed by atoms with Gasteiger partial charge in [-0.25, -0.2) is 4.39 Å². The highest BCUT2D eigenvalue weighted by Crippen LogP contribution is 2.35. The van der Waals surface area contributed by atoms with Gasteiger partial charge in [-0.3, -0.25) is 9.59 Å². The Labute approximate surface area is 181 Å². The van der Waals surface area contributed by atoms with E-state index in [1.807, 2.05) is 20.8 Å². The summed E-state index contributed by atoms with van der Waals surface area (Å²) in [5.41, 5.74) is 0.989. The molecule has 2 amide bonds. The molecular weight excluding hydrogens is 409 g/mol. The number of fused-ring (bicyclic) bond motifs is 1. The van der Waals surface area contributed by atoms with Gasteiger partial charge in [0.1, 0.15) is 0 Å². The van der Waals surface area contributed by atoms with E-state index in [9.17, 15) is 14.0 Å². The van der Waals surface area contributed by atoms with Crippen molar-refractivity contribution in [1.29, 1.82) is 0 Å². The monoisotopic (exact) mass is 435 g/mol. The summed E-state index contributed by atoms with van der Waals surface area (Å²) >= 11 is 5.94. The smallest absolute Gasteiger partial charge is 0.262 e. The molecule has 6 nitrogen and oxygen atoms in total. The molecular formula is C22H27ClFN3O3. The third kappa shape index (κ3) is 6.10. The van der Waals surface area contributed by atoms with Crippen molar-refractivity contribution in [2.75, 3.05) is 29.9 Å². The Bertz CT molecular complexity index is 878. The van der Waals surface area contributed by atoms with Gasteiger partial charge in [-0.1, -0.05) is 44.5 Å². The summed E-state index contributed by atoms with van der Waals surface area (Å²) in [7, 11) is 0. The van der Waals surface area contributed by atoms with Gasteiger partial charge in [0, 0.05) is 17.3 Å². The zero-order chi connectivity index (χ0) is 22.1. The summed E-state index contributed by atoms with van der Waals surface area (Å²) in [5.74, 6) is -1.25. The topological polar surface area (TPSA) is 70.7 Å². The van der Waals surface area contributed by atoms with Crippen LogP contribution >= 0.6 is 11.6 Å². The maximum absolute atomic E-state index is 14.3. The van der Waals surface area contributed by atoms with Gasteiger partial charge in [0.05, 0.1) is 18.8 Å². The first-order chi connectivity index (χ1) is 14.5. The number of para-hydroxylation sites is 1. The molecule has 1 unspecified atom stereocenters. The van der Waals surface area contributed by atoms with E-state index in [1.54, 1.807) is 35.2 Å². The predicted molar refractivity (Wildman–Crippen MR) is 118 cm³/mol. The van der Waals surface area contributed by atoms with Crippen LogP contribution in [0.1, 0.15) is 27.2 Å². The number of carbonyl (C=O) groups excluding carboxylic acids is 2. The van der Waals surface area contributed by atoms with E-state index >= 15 is 0 Å². The number of benzene rings is 2. The van der Waals surface area contributed by atoms with Crippen LogP contribution < -0.4 is 20.3 Å². The minimum atomic E-state index is -0.907. The lowest BCUT2D eigenvalue weighted by Gasteiger charge is -2.35. The van der Waals surface area contributed by atoms with Crippen molar-refractivity contribution < 1.29 is 18.7 Å². The fourth-order valence-corrected chi connectivity index (χ4v) is 3.12. The summed E-state index contributed by atoms with van der Waals surface area (Å²) in [6, 6.07) is 11.2. The second kappa shape index (κ2) is 11.4. The van der Waals surface area contributed by atoms with Gasteiger partial charge in [-0.15, -0.1) is 0 Å². The van der Waals surface area contributed by atoms with Crippen LogP contribution in [0.3, 0.4) is 0 Å². The quantitative estimate of drug-likeness (QED) is 0.712. The molecule has 0 saturated heterocycles. The van der Waals surface area contributed by atoms with Crippen LogP contribution in [0, 0.1) is 5.82 Å². The molecule has 0 bridgehead atoms. The van der Waals surface area contributed by atoms with Crippen molar-refractivity contribution in [3.63, 3.8) is 0 Å². The molecule has 1 aliphatic rings. The van der Waals surface area contributed by atoms with E-state index in [1.165, 1.54) is 12.1 Å². The second-order valence-electron chi connectivity index (χ2n) is 6.42. The number of rotatable bonds is 6. The van der Waals surface area contributed by atoms with Crippen LogP contribution in [0.4, 0.5) is 15.8 Å². The van der Waals surface area contributed by atoms with E-state index in [-0.39, 0.29) is 30.7 Å². The summed E-state index contributed by atoms with van der Waals surface area (Å²) in [6.07, 6.45) is -0.135. The third-order valence-electron chi connectivity index (χ3n) is 4.22. The molecule has 0 saturated carbocycles. The highest BCUT2D eigenvalue weighted by molar-refractivity contribution is 6.30. The molecule has 0 fully saturated rings. The number of nitrogens with zero attached hydrogens (tertiary/aromatic N) is 1. The van der Waals surface area contributed by atoms with Crippen molar-refractivity contribution in [3.05, 3.63) is 53.3 Å². The molecule has 162 valence electrons. The van der Waals surface area contributed by atoms with Gasteiger partial charge < -0.3 is 20.3 Å². The summed E-state index contributed by atoms with van der Waals surface area (Å²) < 4.78 is 19.9. The lowest BCUT2D eigenvalue weighted by Crippen LogP contribution is -2.51.